The molecule has 1 aliphatic heterocycles. The van der Waals surface area contributed by atoms with E-state index in [1.807, 2.05) is 0 Å². The summed E-state index contributed by atoms with van der Waals surface area (Å²) in [5.74, 6) is 0. The van der Waals surface area contributed by atoms with Crippen LogP contribution in [0.15, 0.2) is 0 Å². The second kappa shape index (κ2) is 5.28. The van der Waals surface area contributed by atoms with Crippen molar-refractivity contribution < 1.29 is 0 Å². The van der Waals surface area contributed by atoms with Gasteiger partial charge in [0.15, 0.2) is 0 Å². The second-order valence-corrected chi connectivity index (χ2v) is 5.07. The molecular formula is C12H27N3. The van der Waals surface area contributed by atoms with Crippen LogP contribution in [0.1, 0.15) is 33.6 Å². The predicted molar refractivity (Wildman–Crippen MR) is 66.0 cm³/mol. The fraction of sp³-hybridized carbons (Fsp3) is 1.00. The Morgan fingerprint density at radius 1 is 1.33 bits per heavy atom. The highest BCUT2D eigenvalue weighted by Gasteiger charge is 2.36. The summed E-state index contributed by atoms with van der Waals surface area (Å²) in [7, 11) is 2.21. The smallest absolute Gasteiger partial charge is 0.0352 e. The van der Waals surface area contributed by atoms with Crippen LogP contribution in [-0.2, 0) is 0 Å². The Morgan fingerprint density at radius 2 is 1.87 bits per heavy atom. The SMILES string of the molecule is CCN(C)C1(CN)CCN(C(C)C)CC1. The van der Waals surface area contributed by atoms with Crippen molar-refractivity contribution in [1.82, 2.24) is 9.80 Å². The average molecular weight is 213 g/mol. The maximum absolute atomic E-state index is 5.98. The lowest BCUT2D eigenvalue weighted by Gasteiger charge is -2.47. The standard InChI is InChI=1S/C12H27N3/c1-5-14(4)12(10-13)6-8-15(9-7-12)11(2)3/h11H,5-10,13H2,1-4H3. The highest BCUT2D eigenvalue weighted by atomic mass is 15.2. The first-order chi connectivity index (χ1) is 7.05. The monoisotopic (exact) mass is 213 g/mol. The molecule has 0 amide bonds. The molecule has 1 aliphatic rings. The van der Waals surface area contributed by atoms with Gasteiger partial charge in [-0.15, -0.1) is 0 Å². The van der Waals surface area contributed by atoms with Gasteiger partial charge < -0.3 is 10.6 Å². The Morgan fingerprint density at radius 3 is 2.20 bits per heavy atom. The Hall–Kier alpha value is -0.120. The zero-order valence-corrected chi connectivity index (χ0v) is 10.8. The largest absolute Gasteiger partial charge is 0.329 e. The van der Waals surface area contributed by atoms with E-state index in [1.54, 1.807) is 0 Å². The van der Waals surface area contributed by atoms with E-state index in [2.05, 4.69) is 37.6 Å². The molecule has 3 heteroatoms. The van der Waals surface area contributed by atoms with E-state index in [9.17, 15) is 0 Å². The van der Waals surface area contributed by atoms with Gasteiger partial charge in [-0.25, -0.2) is 0 Å². The molecule has 0 aromatic heterocycles. The van der Waals surface area contributed by atoms with Crippen molar-refractivity contribution >= 4 is 0 Å². The van der Waals surface area contributed by atoms with Gasteiger partial charge in [0.1, 0.15) is 0 Å². The molecule has 0 spiro atoms. The lowest BCUT2D eigenvalue weighted by molar-refractivity contribution is 0.0377. The van der Waals surface area contributed by atoms with Crippen molar-refractivity contribution in [2.45, 2.75) is 45.2 Å². The summed E-state index contributed by atoms with van der Waals surface area (Å²) >= 11 is 0. The van der Waals surface area contributed by atoms with Crippen LogP contribution in [0.2, 0.25) is 0 Å². The van der Waals surface area contributed by atoms with Crippen LogP contribution in [0, 0.1) is 0 Å². The maximum atomic E-state index is 5.98. The maximum Gasteiger partial charge on any atom is 0.0352 e. The van der Waals surface area contributed by atoms with Crippen LogP contribution in [-0.4, -0.2) is 54.6 Å². The summed E-state index contributed by atoms with van der Waals surface area (Å²) in [6.45, 7) is 11.0. The minimum atomic E-state index is 0.264. The molecule has 1 fully saturated rings. The molecule has 1 saturated heterocycles. The number of likely N-dealkylation sites (tertiary alicyclic amines) is 1. The third-order valence-corrected chi connectivity index (χ3v) is 4.12. The molecule has 0 aromatic carbocycles. The van der Waals surface area contributed by atoms with Crippen LogP contribution < -0.4 is 5.73 Å². The van der Waals surface area contributed by atoms with E-state index in [0.29, 0.717) is 6.04 Å². The van der Waals surface area contributed by atoms with Gasteiger partial charge in [-0.3, -0.25) is 4.90 Å². The molecule has 2 N–H and O–H groups in total. The van der Waals surface area contributed by atoms with Crippen molar-refractivity contribution in [2.75, 3.05) is 33.2 Å². The summed E-state index contributed by atoms with van der Waals surface area (Å²) < 4.78 is 0. The number of nitrogens with zero attached hydrogens (tertiary/aromatic N) is 2. The molecule has 0 bridgehead atoms. The first-order valence-corrected chi connectivity index (χ1v) is 6.21. The molecule has 1 heterocycles. The van der Waals surface area contributed by atoms with Gasteiger partial charge in [-0.1, -0.05) is 6.92 Å². The molecule has 0 aliphatic carbocycles. The van der Waals surface area contributed by atoms with Crippen LogP contribution in [0.5, 0.6) is 0 Å². The Balaban J connectivity index is 2.58. The van der Waals surface area contributed by atoms with Crippen molar-refractivity contribution in [3.8, 4) is 0 Å². The quantitative estimate of drug-likeness (QED) is 0.760. The fourth-order valence-electron chi connectivity index (χ4n) is 2.53. The van der Waals surface area contributed by atoms with Crippen molar-refractivity contribution in [3.05, 3.63) is 0 Å². The zero-order chi connectivity index (χ0) is 11.5. The molecule has 0 unspecified atom stereocenters. The molecule has 0 radical (unpaired) electrons. The average Bonchev–Trinajstić information content (AvgIpc) is 2.27. The number of nitrogens with two attached hydrogens (primary N) is 1. The normalized spacial score (nSPS) is 22.6. The summed E-state index contributed by atoms with van der Waals surface area (Å²) in [6.07, 6.45) is 2.43. The number of hydrogen-bond donors (Lipinski definition) is 1. The van der Waals surface area contributed by atoms with Crippen LogP contribution in [0.4, 0.5) is 0 Å². The second-order valence-electron chi connectivity index (χ2n) is 5.07. The first kappa shape index (κ1) is 12.9. The van der Waals surface area contributed by atoms with Crippen LogP contribution >= 0.6 is 0 Å². The molecule has 90 valence electrons. The first-order valence-electron chi connectivity index (χ1n) is 6.21. The Bertz CT molecular complexity index is 183. The third kappa shape index (κ3) is 2.71. The highest BCUT2D eigenvalue weighted by molar-refractivity contribution is 4.95. The van der Waals surface area contributed by atoms with Crippen molar-refractivity contribution in [2.24, 2.45) is 5.73 Å². The lowest BCUT2D eigenvalue weighted by Crippen LogP contribution is -2.58. The summed E-state index contributed by atoms with van der Waals surface area (Å²) in [4.78, 5) is 4.99. The Kier molecular flexibility index (Phi) is 4.56. The number of hydrogen-bond acceptors (Lipinski definition) is 3. The van der Waals surface area contributed by atoms with E-state index in [-0.39, 0.29) is 5.54 Å². The van der Waals surface area contributed by atoms with Crippen LogP contribution in [0.3, 0.4) is 0 Å². The molecular weight excluding hydrogens is 186 g/mol. The summed E-state index contributed by atoms with van der Waals surface area (Å²) in [6, 6.07) is 0.674. The van der Waals surface area contributed by atoms with Gasteiger partial charge in [0.2, 0.25) is 0 Å². The van der Waals surface area contributed by atoms with Gasteiger partial charge in [-0.2, -0.15) is 0 Å². The van der Waals surface area contributed by atoms with E-state index < -0.39 is 0 Å². The van der Waals surface area contributed by atoms with Crippen LogP contribution in [0.25, 0.3) is 0 Å². The molecule has 15 heavy (non-hydrogen) atoms. The van der Waals surface area contributed by atoms with E-state index in [1.165, 1.54) is 25.9 Å². The topological polar surface area (TPSA) is 32.5 Å². The molecule has 0 saturated carbocycles. The van der Waals surface area contributed by atoms with E-state index in [4.69, 9.17) is 5.73 Å². The van der Waals surface area contributed by atoms with Crippen molar-refractivity contribution in [3.63, 3.8) is 0 Å². The van der Waals surface area contributed by atoms with Gasteiger partial charge in [-0.05, 0) is 40.3 Å². The molecule has 0 aromatic rings. The Labute approximate surface area is 94.6 Å². The van der Waals surface area contributed by atoms with Gasteiger partial charge in [0.25, 0.3) is 0 Å². The predicted octanol–water partition coefficient (Wildman–Crippen LogP) is 1.14. The minimum absolute atomic E-state index is 0.264. The third-order valence-electron chi connectivity index (χ3n) is 4.12. The molecule has 1 rings (SSSR count). The molecule has 0 atom stereocenters. The summed E-state index contributed by atoms with van der Waals surface area (Å²) in [5.41, 5.74) is 6.24. The summed E-state index contributed by atoms with van der Waals surface area (Å²) in [5, 5.41) is 0. The zero-order valence-electron chi connectivity index (χ0n) is 10.8. The number of likely N-dealkylation sites (N-methyl/N-ethyl adjacent to an activating group) is 1. The van der Waals surface area contributed by atoms with E-state index in [0.717, 1.165) is 13.1 Å². The number of rotatable bonds is 4. The lowest BCUT2D eigenvalue weighted by atomic mass is 9.85. The van der Waals surface area contributed by atoms with Gasteiger partial charge in [0, 0.05) is 31.2 Å². The molecule has 3 nitrogen and oxygen atoms in total. The van der Waals surface area contributed by atoms with Crippen molar-refractivity contribution in [1.29, 1.82) is 0 Å². The van der Waals surface area contributed by atoms with E-state index >= 15 is 0 Å². The van der Waals surface area contributed by atoms with Gasteiger partial charge >= 0.3 is 0 Å². The minimum Gasteiger partial charge on any atom is -0.329 e. The fourth-order valence-corrected chi connectivity index (χ4v) is 2.53. The van der Waals surface area contributed by atoms with Gasteiger partial charge in [0.05, 0.1) is 0 Å². The number of piperidine rings is 1. The highest BCUT2D eigenvalue weighted by Crippen LogP contribution is 2.27.